The smallest absolute Gasteiger partial charge is 0.350 e. The Balaban J connectivity index is 2.17. The zero-order valence-electron chi connectivity index (χ0n) is 11.7. The van der Waals surface area contributed by atoms with Gasteiger partial charge in [0, 0.05) is 0 Å². The van der Waals surface area contributed by atoms with Gasteiger partial charge in [0.2, 0.25) is 6.10 Å². The molecule has 130 valence electrons. The lowest BCUT2D eigenvalue weighted by Crippen LogP contribution is -2.43. The van der Waals surface area contributed by atoms with Crippen molar-refractivity contribution < 1.29 is 54.5 Å². The molecule has 1 aromatic carbocycles. The number of carboxylic acids is 1. The van der Waals surface area contributed by atoms with Crippen LogP contribution in [-0.2, 0) is 19.1 Å². The van der Waals surface area contributed by atoms with Gasteiger partial charge in [-0.2, -0.15) is 0 Å². The second kappa shape index (κ2) is 6.22. The topological polar surface area (TPSA) is 191 Å². The maximum absolute atomic E-state index is 11.9. The minimum absolute atomic E-state index is 0.468. The van der Waals surface area contributed by atoms with Crippen molar-refractivity contribution in [3.63, 3.8) is 0 Å². The van der Waals surface area contributed by atoms with E-state index in [1.54, 1.807) is 0 Å². The number of aliphatic hydroxyl groups is 2. The van der Waals surface area contributed by atoms with Crippen molar-refractivity contribution in [2.45, 2.75) is 24.4 Å². The molecule has 1 aliphatic rings. The molecule has 0 amide bonds. The first-order valence-corrected chi connectivity index (χ1v) is 6.38. The van der Waals surface area contributed by atoms with Gasteiger partial charge in [-0.3, -0.25) is 0 Å². The molecular formula is C13H12O11. The molecule has 1 heterocycles. The van der Waals surface area contributed by atoms with Crippen LogP contribution in [0.25, 0.3) is 0 Å². The summed E-state index contributed by atoms with van der Waals surface area (Å²) in [6.07, 6.45) is -7.94. The molecule has 0 bridgehead atoms. The Labute approximate surface area is 132 Å². The fourth-order valence-corrected chi connectivity index (χ4v) is 2.00. The molecule has 0 radical (unpaired) electrons. The Morgan fingerprint density at radius 1 is 1.17 bits per heavy atom. The van der Waals surface area contributed by atoms with E-state index in [1.165, 1.54) is 0 Å². The number of esters is 2. The summed E-state index contributed by atoms with van der Waals surface area (Å²) in [6, 6.07) is 1.46. The molecule has 11 nitrogen and oxygen atoms in total. The van der Waals surface area contributed by atoms with E-state index in [-0.39, 0.29) is 0 Å². The molecule has 1 aromatic rings. The van der Waals surface area contributed by atoms with Crippen LogP contribution >= 0.6 is 0 Å². The number of benzene rings is 1. The van der Waals surface area contributed by atoms with E-state index in [4.69, 9.17) is 5.11 Å². The number of phenols is 3. The minimum Gasteiger partial charge on any atom is -0.504 e. The van der Waals surface area contributed by atoms with Crippen molar-refractivity contribution in [3.8, 4) is 17.2 Å². The summed E-state index contributed by atoms with van der Waals surface area (Å²) in [7, 11) is 0. The Kier molecular flexibility index (Phi) is 4.48. The molecule has 0 spiro atoms. The van der Waals surface area contributed by atoms with Gasteiger partial charge < -0.3 is 40.1 Å². The van der Waals surface area contributed by atoms with Crippen LogP contribution in [0, 0.1) is 0 Å². The molecular weight excluding hydrogens is 332 g/mol. The van der Waals surface area contributed by atoms with Crippen molar-refractivity contribution in [1.82, 2.24) is 0 Å². The Morgan fingerprint density at radius 3 is 2.21 bits per heavy atom. The van der Waals surface area contributed by atoms with E-state index < -0.39 is 65.1 Å². The fraction of sp³-hybridized carbons (Fsp3) is 0.308. The number of aliphatic carboxylic acids is 1. The van der Waals surface area contributed by atoms with Crippen LogP contribution in [0.5, 0.6) is 17.2 Å². The summed E-state index contributed by atoms with van der Waals surface area (Å²) in [5, 5.41) is 55.6. The van der Waals surface area contributed by atoms with E-state index in [2.05, 4.69) is 9.47 Å². The standard InChI is InChI=1S/C13H12O11/c14-4-1-3(2-5(15)6(4)16)12(21)24-10-7(17)9(23-13(10)22)8(18)11(19)20/h1-2,7-10,14-18H,(H,19,20)/t7-,8-,9+,10+/m0/s1. The SMILES string of the molecule is O=C(O[C@H]1C(=O)O[C@@H]([C@H](O)C(=O)O)[C@@H]1O)c1cc(O)c(O)c(O)c1. The Bertz CT molecular complexity index is 674. The molecule has 0 aromatic heterocycles. The molecule has 0 aliphatic carbocycles. The zero-order valence-corrected chi connectivity index (χ0v) is 11.7. The van der Waals surface area contributed by atoms with Crippen LogP contribution in [0.1, 0.15) is 10.4 Å². The van der Waals surface area contributed by atoms with Gasteiger partial charge in [0.05, 0.1) is 5.56 Å². The molecule has 1 saturated heterocycles. The van der Waals surface area contributed by atoms with Gasteiger partial charge in [0.25, 0.3) is 0 Å². The maximum atomic E-state index is 11.9. The first-order chi connectivity index (χ1) is 11.1. The van der Waals surface area contributed by atoms with E-state index in [0.717, 1.165) is 12.1 Å². The Morgan fingerprint density at radius 2 is 1.71 bits per heavy atom. The highest BCUT2D eigenvalue weighted by atomic mass is 16.6. The molecule has 4 atom stereocenters. The summed E-state index contributed by atoms with van der Waals surface area (Å²) in [5.41, 5.74) is -0.468. The highest BCUT2D eigenvalue weighted by Crippen LogP contribution is 2.35. The molecule has 11 heteroatoms. The number of hydrogen-bond donors (Lipinski definition) is 6. The second-order valence-electron chi connectivity index (χ2n) is 4.86. The lowest BCUT2D eigenvalue weighted by Gasteiger charge is -2.17. The lowest BCUT2D eigenvalue weighted by molar-refractivity contribution is -0.161. The van der Waals surface area contributed by atoms with Crippen molar-refractivity contribution >= 4 is 17.9 Å². The molecule has 1 aliphatic heterocycles. The van der Waals surface area contributed by atoms with Gasteiger partial charge in [-0.05, 0) is 12.1 Å². The van der Waals surface area contributed by atoms with E-state index in [0.29, 0.717) is 0 Å². The first-order valence-electron chi connectivity index (χ1n) is 6.38. The number of cyclic esters (lactones) is 1. The third-order valence-corrected chi connectivity index (χ3v) is 3.23. The number of rotatable bonds is 4. The van der Waals surface area contributed by atoms with Gasteiger partial charge in [0.1, 0.15) is 6.10 Å². The van der Waals surface area contributed by atoms with Gasteiger partial charge in [0.15, 0.2) is 29.5 Å². The second-order valence-corrected chi connectivity index (χ2v) is 4.86. The number of carbonyl (C=O) groups is 3. The fourth-order valence-electron chi connectivity index (χ4n) is 2.00. The highest BCUT2D eigenvalue weighted by Gasteiger charge is 2.51. The first kappa shape index (κ1) is 17.3. The number of carboxylic acid groups (broad SMARTS) is 1. The van der Waals surface area contributed by atoms with E-state index in [1.807, 2.05) is 0 Å². The number of phenolic OH excluding ortho intramolecular Hbond substituents is 3. The van der Waals surface area contributed by atoms with Crippen LogP contribution in [0.15, 0.2) is 12.1 Å². The predicted octanol–water partition coefficient (Wildman–Crippen LogP) is -1.94. The summed E-state index contributed by atoms with van der Waals surface area (Å²) in [5.74, 6) is -6.88. The number of hydrogen-bond acceptors (Lipinski definition) is 10. The van der Waals surface area contributed by atoms with Crippen LogP contribution in [0.2, 0.25) is 0 Å². The quantitative estimate of drug-likeness (QED) is 0.263. The van der Waals surface area contributed by atoms with Crippen LogP contribution in [0.4, 0.5) is 0 Å². The molecule has 6 N–H and O–H groups in total. The number of aliphatic hydroxyl groups excluding tert-OH is 2. The third kappa shape index (κ3) is 3.02. The third-order valence-electron chi connectivity index (χ3n) is 3.23. The van der Waals surface area contributed by atoms with Gasteiger partial charge in [-0.25, -0.2) is 14.4 Å². The van der Waals surface area contributed by atoms with Crippen molar-refractivity contribution in [2.24, 2.45) is 0 Å². The minimum atomic E-state index is -2.23. The molecule has 1 fully saturated rings. The largest absolute Gasteiger partial charge is 0.504 e. The molecule has 0 unspecified atom stereocenters. The van der Waals surface area contributed by atoms with Gasteiger partial charge in [-0.15, -0.1) is 0 Å². The normalized spacial score (nSPS) is 24.2. The lowest BCUT2D eigenvalue weighted by atomic mass is 10.1. The molecule has 2 rings (SSSR count). The average Bonchev–Trinajstić information content (AvgIpc) is 2.79. The number of carbonyl (C=O) groups excluding carboxylic acids is 2. The van der Waals surface area contributed by atoms with Gasteiger partial charge in [-0.1, -0.05) is 0 Å². The summed E-state index contributed by atoms with van der Waals surface area (Å²) in [4.78, 5) is 34.1. The van der Waals surface area contributed by atoms with Crippen molar-refractivity contribution in [1.29, 1.82) is 0 Å². The molecule has 24 heavy (non-hydrogen) atoms. The zero-order chi connectivity index (χ0) is 18.2. The van der Waals surface area contributed by atoms with E-state index in [9.17, 15) is 39.9 Å². The van der Waals surface area contributed by atoms with Crippen LogP contribution < -0.4 is 0 Å². The summed E-state index contributed by atoms with van der Waals surface area (Å²) < 4.78 is 9.14. The average molecular weight is 344 g/mol. The maximum Gasteiger partial charge on any atom is 0.350 e. The van der Waals surface area contributed by atoms with Crippen LogP contribution in [0.3, 0.4) is 0 Å². The Hall–Kier alpha value is -3.05. The number of aromatic hydroxyl groups is 3. The predicted molar refractivity (Wildman–Crippen MR) is 70.2 cm³/mol. The molecule has 0 saturated carbocycles. The van der Waals surface area contributed by atoms with Crippen molar-refractivity contribution in [2.75, 3.05) is 0 Å². The van der Waals surface area contributed by atoms with E-state index >= 15 is 0 Å². The van der Waals surface area contributed by atoms with Crippen LogP contribution in [-0.4, -0.2) is 73.0 Å². The number of ether oxygens (including phenoxy) is 2. The van der Waals surface area contributed by atoms with Gasteiger partial charge >= 0.3 is 17.9 Å². The monoisotopic (exact) mass is 344 g/mol. The summed E-state index contributed by atoms with van der Waals surface area (Å²) >= 11 is 0. The summed E-state index contributed by atoms with van der Waals surface area (Å²) in [6.45, 7) is 0. The van der Waals surface area contributed by atoms with Crippen molar-refractivity contribution in [3.05, 3.63) is 17.7 Å². The highest BCUT2D eigenvalue weighted by molar-refractivity contribution is 5.93.